The molecule has 0 N–H and O–H groups in total. The van der Waals surface area contributed by atoms with Crippen molar-refractivity contribution in [2.24, 2.45) is 0 Å². The van der Waals surface area contributed by atoms with E-state index >= 15 is 0 Å². The molecule has 0 aromatic heterocycles. The maximum absolute atomic E-state index is 10.7. The first-order valence-electron chi connectivity index (χ1n) is 1.96. The van der Waals surface area contributed by atoms with Crippen LogP contribution in [0.2, 0.25) is 0 Å². The molecule has 0 spiro atoms. The maximum atomic E-state index is 10.7. The number of hydrogen-bond acceptors (Lipinski definition) is 4. The van der Waals surface area contributed by atoms with Crippen molar-refractivity contribution in [3.05, 3.63) is 0 Å². The fraction of sp³-hybridized carbons (Fsp3) is 1.00. The van der Waals surface area contributed by atoms with Gasteiger partial charge in [0, 0.05) is 0 Å². The van der Waals surface area contributed by atoms with E-state index in [-0.39, 0.29) is 0 Å². The summed E-state index contributed by atoms with van der Waals surface area (Å²) in [5.74, 6) is 0. The summed E-state index contributed by atoms with van der Waals surface area (Å²) in [4.78, 5) is 0. The molecule has 0 fully saturated rings. The predicted molar refractivity (Wildman–Crippen MR) is 27.5 cm³/mol. The van der Waals surface area contributed by atoms with Gasteiger partial charge in [-0.05, 0) is 0 Å². The molecule has 0 amide bonds. The SMILES string of the molecule is C[O][Sb](=[O])([O]C)[O]C. The molecule has 0 aliphatic carbocycles. The van der Waals surface area contributed by atoms with E-state index in [0.717, 1.165) is 0 Å². The second kappa shape index (κ2) is 3.51. The van der Waals surface area contributed by atoms with E-state index in [1.165, 1.54) is 21.3 Å². The number of rotatable bonds is 3. The van der Waals surface area contributed by atoms with Crippen LogP contribution in [-0.4, -0.2) is 41.4 Å². The quantitative estimate of drug-likeness (QED) is 0.630. The first-order valence-corrected chi connectivity index (χ1v) is 6.12. The Balaban J connectivity index is 3.79. The molecule has 4 nitrogen and oxygen atoms in total. The van der Waals surface area contributed by atoms with Crippen LogP contribution in [-0.2, 0) is 12.1 Å². The summed E-state index contributed by atoms with van der Waals surface area (Å²) in [6.07, 6.45) is 0. The summed E-state index contributed by atoms with van der Waals surface area (Å²) in [6, 6.07) is 0. The van der Waals surface area contributed by atoms with Crippen LogP contribution in [0.3, 0.4) is 0 Å². The fourth-order valence-corrected chi connectivity index (χ4v) is 1.50. The Labute approximate surface area is 53.8 Å². The second-order valence-corrected chi connectivity index (χ2v) is 6.67. The zero-order chi connectivity index (χ0) is 6.62. The first-order chi connectivity index (χ1) is 3.68. The van der Waals surface area contributed by atoms with Gasteiger partial charge in [-0.3, -0.25) is 0 Å². The topological polar surface area (TPSA) is 44.8 Å². The number of hydrogen-bond donors (Lipinski definition) is 0. The molecule has 0 aliphatic rings. The van der Waals surface area contributed by atoms with Crippen LogP contribution in [0.1, 0.15) is 0 Å². The van der Waals surface area contributed by atoms with Gasteiger partial charge in [0.05, 0.1) is 0 Å². The average molecular weight is 231 g/mol. The van der Waals surface area contributed by atoms with Crippen molar-refractivity contribution in [1.82, 2.24) is 0 Å². The van der Waals surface area contributed by atoms with Crippen molar-refractivity contribution in [3.8, 4) is 0 Å². The molecule has 0 aromatic carbocycles. The Hall–Kier alpha value is 0.498. The van der Waals surface area contributed by atoms with E-state index in [0.29, 0.717) is 0 Å². The standard InChI is InChI=1S/3CH3O.O.Sb/c3*1-2;;/h3*1H3;;/q3*-1;;+3. The minimum absolute atomic E-state index is 1.30. The molecule has 5 heteroatoms. The van der Waals surface area contributed by atoms with Crippen LogP contribution in [0.25, 0.3) is 0 Å². The van der Waals surface area contributed by atoms with Crippen LogP contribution < -0.4 is 0 Å². The zero-order valence-corrected chi connectivity index (χ0v) is 7.63. The summed E-state index contributed by atoms with van der Waals surface area (Å²) >= 11 is -3.99. The van der Waals surface area contributed by atoms with Gasteiger partial charge < -0.3 is 0 Å². The van der Waals surface area contributed by atoms with Gasteiger partial charge in [0.1, 0.15) is 0 Å². The van der Waals surface area contributed by atoms with Crippen molar-refractivity contribution in [2.45, 2.75) is 0 Å². The fourth-order valence-electron chi connectivity index (χ4n) is 0.224. The molecule has 0 rings (SSSR count). The Morgan fingerprint density at radius 1 is 1.00 bits per heavy atom. The average Bonchev–Trinajstić information content (AvgIpc) is 1.87. The summed E-state index contributed by atoms with van der Waals surface area (Å²) in [7, 11) is 3.89. The van der Waals surface area contributed by atoms with Crippen LogP contribution in [0.4, 0.5) is 0 Å². The zero-order valence-electron chi connectivity index (χ0n) is 5.08. The molecule has 0 atom stereocenters. The molecule has 8 heavy (non-hydrogen) atoms. The molecular weight excluding hydrogens is 222 g/mol. The van der Waals surface area contributed by atoms with Gasteiger partial charge in [-0.15, -0.1) is 0 Å². The molecule has 0 heterocycles. The third kappa shape index (κ3) is 2.18. The van der Waals surface area contributed by atoms with Crippen molar-refractivity contribution in [3.63, 3.8) is 0 Å². The van der Waals surface area contributed by atoms with Gasteiger partial charge in [-0.2, -0.15) is 0 Å². The Morgan fingerprint density at radius 3 is 1.25 bits per heavy atom. The van der Waals surface area contributed by atoms with E-state index in [1.807, 2.05) is 0 Å². The van der Waals surface area contributed by atoms with Crippen LogP contribution >= 0.6 is 0 Å². The Bertz CT molecular complexity index is 82.4. The predicted octanol–water partition coefficient (Wildman–Crippen LogP) is -0.208. The molecule has 0 saturated carbocycles. The molecule has 0 saturated heterocycles. The second-order valence-electron chi connectivity index (χ2n) is 0.995. The van der Waals surface area contributed by atoms with Crippen molar-refractivity contribution >= 4 is 20.1 Å². The summed E-state index contributed by atoms with van der Waals surface area (Å²) in [5, 5.41) is 0. The van der Waals surface area contributed by atoms with Gasteiger partial charge >= 0.3 is 53.4 Å². The molecule has 0 unspecified atom stereocenters. The van der Waals surface area contributed by atoms with E-state index < -0.39 is 20.1 Å². The van der Waals surface area contributed by atoms with Gasteiger partial charge in [0.2, 0.25) is 0 Å². The Morgan fingerprint density at radius 2 is 1.25 bits per heavy atom. The van der Waals surface area contributed by atoms with Gasteiger partial charge in [0.25, 0.3) is 0 Å². The molecule has 0 aromatic rings. The van der Waals surface area contributed by atoms with Crippen molar-refractivity contribution in [2.75, 3.05) is 21.3 Å². The molecule has 50 valence electrons. The molecule has 0 aliphatic heterocycles. The normalized spacial score (nSPS) is 11.9. The minimum atomic E-state index is -3.99. The van der Waals surface area contributed by atoms with Gasteiger partial charge in [-0.1, -0.05) is 0 Å². The summed E-state index contributed by atoms with van der Waals surface area (Å²) in [5.41, 5.74) is 0. The van der Waals surface area contributed by atoms with Crippen LogP contribution in [0.5, 0.6) is 0 Å². The first kappa shape index (κ1) is 8.50. The third-order valence-electron chi connectivity index (χ3n) is 0.671. The Kier molecular flexibility index (Phi) is 3.73. The van der Waals surface area contributed by atoms with E-state index in [1.54, 1.807) is 0 Å². The molecule has 0 bridgehead atoms. The summed E-state index contributed by atoms with van der Waals surface area (Å²) < 4.78 is 24.0. The monoisotopic (exact) mass is 230 g/mol. The molecular formula is C3H9O4Sb. The molecule has 0 radical (unpaired) electrons. The van der Waals surface area contributed by atoms with Crippen molar-refractivity contribution in [1.29, 1.82) is 0 Å². The van der Waals surface area contributed by atoms with E-state index in [9.17, 15) is 3.02 Å². The van der Waals surface area contributed by atoms with Crippen LogP contribution in [0.15, 0.2) is 0 Å². The third-order valence-corrected chi connectivity index (χ3v) is 4.50. The van der Waals surface area contributed by atoms with E-state index in [2.05, 4.69) is 9.05 Å². The van der Waals surface area contributed by atoms with Crippen molar-refractivity contribution < 1.29 is 12.1 Å². The van der Waals surface area contributed by atoms with Gasteiger partial charge in [0.15, 0.2) is 0 Å². The summed E-state index contributed by atoms with van der Waals surface area (Å²) in [6.45, 7) is 0. The van der Waals surface area contributed by atoms with Crippen LogP contribution in [0, 0.1) is 0 Å². The van der Waals surface area contributed by atoms with Gasteiger partial charge in [-0.25, -0.2) is 0 Å². The van der Waals surface area contributed by atoms with E-state index in [4.69, 9.17) is 0 Å².